The Balaban J connectivity index is 1.87. The lowest BCUT2D eigenvalue weighted by atomic mass is 10.0. The van der Waals surface area contributed by atoms with E-state index in [1.165, 1.54) is 12.5 Å². The predicted molar refractivity (Wildman–Crippen MR) is 117 cm³/mol. The van der Waals surface area contributed by atoms with Crippen molar-refractivity contribution < 1.29 is 22.7 Å². The van der Waals surface area contributed by atoms with Crippen LogP contribution < -0.4 is 10.0 Å². The van der Waals surface area contributed by atoms with Crippen LogP contribution in [0.2, 0.25) is 0 Å². The lowest BCUT2D eigenvalue weighted by Gasteiger charge is -2.14. The molecule has 0 aromatic heterocycles. The van der Waals surface area contributed by atoms with E-state index in [-0.39, 0.29) is 6.54 Å². The number of carbonyl (C=O) groups is 2. The van der Waals surface area contributed by atoms with Crippen molar-refractivity contribution in [2.24, 2.45) is 0 Å². The zero-order valence-corrected chi connectivity index (χ0v) is 18.5. The van der Waals surface area contributed by atoms with Gasteiger partial charge in [0.05, 0.1) is 11.8 Å². The van der Waals surface area contributed by atoms with E-state index in [9.17, 15) is 18.0 Å². The van der Waals surface area contributed by atoms with E-state index in [2.05, 4.69) is 23.9 Å². The van der Waals surface area contributed by atoms with Gasteiger partial charge in [-0.15, -0.1) is 0 Å². The van der Waals surface area contributed by atoms with Crippen molar-refractivity contribution in [1.82, 2.24) is 4.72 Å². The first-order chi connectivity index (χ1) is 14.0. The molecule has 0 spiro atoms. The summed E-state index contributed by atoms with van der Waals surface area (Å²) < 4.78 is 29.8. The summed E-state index contributed by atoms with van der Waals surface area (Å²) in [6, 6.07) is 14.2. The van der Waals surface area contributed by atoms with E-state index in [1.54, 1.807) is 24.3 Å². The first-order valence-electron chi connectivity index (χ1n) is 9.70. The summed E-state index contributed by atoms with van der Waals surface area (Å²) in [6.45, 7) is 5.97. The molecule has 0 saturated carbocycles. The Morgan fingerprint density at radius 1 is 0.967 bits per heavy atom. The molecule has 7 nitrogen and oxygen atoms in total. The Kier molecular flexibility index (Phi) is 8.14. The lowest BCUT2D eigenvalue weighted by molar-refractivity contribution is -0.123. The van der Waals surface area contributed by atoms with Gasteiger partial charge < -0.3 is 10.1 Å². The van der Waals surface area contributed by atoms with Crippen LogP contribution in [0.25, 0.3) is 0 Å². The Morgan fingerprint density at radius 2 is 1.57 bits per heavy atom. The summed E-state index contributed by atoms with van der Waals surface area (Å²) in [5.41, 5.74) is 3.00. The van der Waals surface area contributed by atoms with Gasteiger partial charge in [-0.1, -0.05) is 38.1 Å². The second kappa shape index (κ2) is 10.4. The van der Waals surface area contributed by atoms with E-state index >= 15 is 0 Å². The first kappa shape index (κ1) is 23.6. The van der Waals surface area contributed by atoms with Crippen LogP contribution in [0.4, 0.5) is 5.69 Å². The molecule has 2 aromatic rings. The molecule has 0 unspecified atom stereocenters. The van der Waals surface area contributed by atoms with Crippen LogP contribution in [0.5, 0.6) is 0 Å². The van der Waals surface area contributed by atoms with Crippen molar-refractivity contribution >= 4 is 27.6 Å². The molecular weight excluding hydrogens is 404 g/mol. The highest BCUT2D eigenvalue weighted by Gasteiger charge is 2.19. The van der Waals surface area contributed by atoms with Gasteiger partial charge in [-0.25, -0.2) is 17.9 Å². The van der Waals surface area contributed by atoms with Crippen LogP contribution in [-0.4, -0.2) is 39.2 Å². The van der Waals surface area contributed by atoms with Crippen molar-refractivity contribution in [1.29, 1.82) is 0 Å². The normalized spacial score (nSPS) is 12.4. The van der Waals surface area contributed by atoms with Crippen LogP contribution in [-0.2, 0) is 26.0 Å². The van der Waals surface area contributed by atoms with Crippen LogP contribution >= 0.6 is 0 Å². The lowest BCUT2D eigenvalue weighted by Crippen LogP contribution is -2.30. The third-order valence-corrected chi connectivity index (χ3v) is 5.19. The quantitative estimate of drug-likeness (QED) is 0.593. The zero-order valence-electron chi connectivity index (χ0n) is 17.6. The summed E-state index contributed by atoms with van der Waals surface area (Å²) in [6.07, 6.45) is 0.641. The van der Waals surface area contributed by atoms with Crippen molar-refractivity contribution in [3.63, 3.8) is 0 Å². The predicted octanol–water partition coefficient (Wildman–Crippen LogP) is 3.09. The van der Waals surface area contributed by atoms with Crippen molar-refractivity contribution in [3.8, 4) is 0 Å². The monoisotopic (exact) mass is 432 g/mol. The molecule has 2 N–H and O–H groups in total. The Morgan fingerprint density at radius 3 is 2.10 bits per heavy atom. The third-order valence-electron chi connectivity index (χ3n) is 4.47. The summed E-state index contributed by atoms with van der Waals surface area (Å²) >= 11 is 0. The highest BCUT2D eigenvalue weighted by molar-refractivity contribution is 7.88. The van der Waals surface area contributed by atoms with Crippen molar-refractivity contribution in [3.05, 3.63) is 65.2 Å². The molecule has 2 aromatic carbocycles. The Hall–Kier alpha value is -2.71. The van der Waals surface area contributed by atoms with Gasteiger partial charge in [0.1, 0.15) is 0 Å². The van der Waals surface area contributed by atoms with Crippen LogP contribution in [0, 0.1) is 0 Å². The molecule has 0 radical (unpaired) electrons. The molecule has 0 saturated heterocycles. The molecule has 1 atom stereocenters. The number of esters is 1. The number of amides is 1. The molecule has 0 bridgehead atoms. The molecule has 1 amide bonds. The average Bonchev–Trinajstić information content (AvgIpc) is 2.67. The summed E-state index contributed by atoms with van der Waals surface area (Å²) in [5, 5.41) is 2.74. The Labute approximate surface area is 177 Å². The summed E-state index contributed by atoms with van der Waals surface area (Å²) in [5.74, 6) is -0.616. The third kappa shape index (κ3) is 7.61. The molecule has 0 fully saturated rings. The van der Waals surface area contributed by atoms with Gasteiger partial charge in [0.2, 0.25) is 10.0 Å². The van der Waals surface area contributed by atoms with Gasteiger partial charge in [0.15, 0.2) is 6.10 Å². The molecule has 0 aliphatic rings. The molecule has 0 aliphatic carbocycles. The Bertz CT molecular complexity index is 968. The molecule has 162 valence electrons. The topological polar surface area (TPSA) is 102 Å². The van der Waals surface area contributed by atoms with Crippen LogP contribution in [0.15, 0.2) is 48.5 Å². The smallest absolute Gasteiger partial charge is 0.338 e. The van der Waals surface area contributed by atoms with Crippen molar-refractivity contribution in [2.75, 3.05) is 18.1 Å². The molecule has 0 heterocycles. The SMILES string of the molecule is CC(C)c1ccc(NC(=O)[C@@H](C)OC(=O)c2ccc(CCNS(C)(=O)=O)cc2)cc1. The second-order valence-electron chi connectivity index (χ2n) is 7.43. The minimum Gasteiger partial charge on any atom is -0.449 e. The maximum Gasteiger partial charge on any atom is 0.338 e. The van der Waals surface area contributed by atoms with Gasteiger partial charge in [-0.3, -0.25) is 4.79 Å². The second-order valence-corrected chi connectivity index (χ2v) is 9.26. The molecule has 2 rings (SSSR count). The summed E-state index contributed by atoms with van der Waals surface area (Å²) in [7, 11) is -3.23. The van der Waals surface area contributed by atoms with Crippen LogP contribution in [0.1, 0.15) is 48.2 Å². The van der Waals surface area contributed by atoms with E-state index < -0.39 is 28.0 Å². The first-order valence-corrected chi connectivity index (χ1v) is 11.6. The van der Waals surface area contributed by atoms with Crippen molar-refractivity contribution in [2.45, 2.75) is 39.2 Å². The molecular formula is C22H28N2O5S. The fourth-order valence-electron chi connectivity index (χ4n) is 2.67. The molecule has 8 heteroatoms. The van der Waals surface area contributed by atoms with E-state index in [4.69, 9.17) is 4.74 Å². The average molecular weight is 433 g/mol. The minimum absolute atomic E-state index is 0.276. The minimum atomic E-state index is -3.23. The highest BCUT2D eigenvalue weighted by atomic mass is 32.2. The number of nitrogens with one attached hydrogen (secondary N) is 2. The number of ether oxygens (including phenoxy) is 1. The number of hydrogen-bond acceptors (Lipinski definition) is 5. The number of hydrogen-bond donors (Lipinski definition) is 2. The largest absolute Gasteiger partial charge is 0.449 e. The fourth-order valence-corrected chi connectivity index (χ4v) is 3.14. The van der Waals surface area contributed by atoms with Gasteiger partial charge in [0, 0.05) is 12.2 Å². The van der Waals surface area contributed by atoms with Gasteiger partial charge >= 0.3 is 5.97 Å². The van der Waals surface area contributed by atoms with Gasteiger partial charge in [-0.2, -0.15) is 0 Å². The maximum atomic E-state index is 12.3. The number of sulfonamides is 1. The number of benzene rings is 2. The molecule has 0 aliphatic heterocycles. The van der Waals surface area contributed by atoms with E-state index in [1.807, 2.05) is 24.3 Å². The van der Waals surface area contributed by atoms with Gasteiger partial charge in [0.25, 0.3) is 5.91 Å². The summed E-state index contributed by atoms with van der Waals surface area (Å²) in [4.78, 5) is 24.6. The van der Waals surface area contributed by atoms with E-state index in [0.29, 0.717) is 23.6 Å². The highest BCUT2D eigenvalue weighted by Crippen LogP contribution is 2.17. The van der Waals surface area contributed by atoms with Crippen LogP contribution in [0.3, 0.4) is 0 Å². The van der Waals surface area contributed by atoms with E-state index in [0.717, 1.165) is 11.8 Å². The number of carbonyl (C=O) groups excluding carboxylic acids is 2. The maximum absolute atomic E-state index is 12.3. The van der Waals surface area contributed by atoms with Gasteiger partial charge in [-0.05, 0) is 54.7 Å². The fraction of sp³-hybridized carbons (Fsp3) is 0.364. The molecule has 30 heavy (non-hydrogen) atoms. The number of anilines is 1. The number of rotatable bonds is 9. The zero-order chi connectivity index (χ0) is 22.3. The standard InChI is InChI=1S/C22H28N2O5S/c1-15(2)18-9-11-20(12-10-18)24-21(25)16(3)29-22(26)19-7-5-17(6-8-19)13-14-23-30(4,27)28/h5-12,15-16,23H,13-14H2,1-4H3,(H,24,25)/t16-/m1/s1.